The Morgan fingerprint density at radius 2 is 2.21 bits per heavy atom. The zero-order valence-corrected chi connectivity index (χ0v) is 9.21. The number of rotatable bonds is 1. The second-order valence-electron chi connectivity index (χ2n) is 3.77. The fourth-order valence-corrected chi connectivity index (χ4v) is 2.22. The predicted molar refractivity (Wildman–Crippen MR) is 58.2 cm³/mol. The van der Waals surface area contributed by atoms with Crippen molar-refractivity contribution >= 4 is 27.0 Å². The molecule has 3 nitrogen and oxygen atoms in total. The highest BCUT2D eigenvalue weighted by atomic mass is 79.9. The van der Waals surface area contributed by atoms with Gasteiger partial charge in [-0.3, -0.25) is 4.98 Å². The van der Waals surface area contributed by atoms with Crippen LogP contribution in [0.1, 0.15) is 31.0 Å². The molecule has 0 aromatic carbocycles. The Kier molecular flexibility index (Phi) is 1.83. The van der Waals surface area contributed by atoms with Crippen molar-refractivity contribution in [2.75, 3.05) is 0 Å². The lowest BCUT2D eigenvalue weighted by atomic mass is 9.85. The van der Waals surface area contributed by atoms with E-state index in [0.29, 0.717) is 5.92 Å². The van der Waals surface area contributed by atoms with Gasteiger partial charge in [0.15, 0.2) is 0 Å². The van der Waals surface area contributed by atoms with Gasteiger partial charge in [-0.05, 0) is 28.8 Å². The molecule has 4 heteroatoms. The Morgan fingerprint density at radius 1 is 1.36 bits per heavy atom. The van der Waals surface area contributed by atoms with Gasteiger partial charge in [0.25, 0.3) is 0 Å². The molecule has 72 valence electrons. The standard InChI is InChI=1S/C10H10BrN3/c11-7-4-12-5-8-9(7)14-10(13-8)6-2-1-3-6/h4-6H,1-3H2,(H,13,14). The molecule has 0 bridgehead atoms. The topological polar surface area (TPSA) is 41.6 Å². The van der Waals surface area contributed by atoms with Gasteiger partial charge < -0.3 is 4.98 Å². The van der Waals surface area contributed by atoms with Gasteiger partial charge in [-0.1, -0.05) is 6.42 Å². The van der Waals surface area contributed by atoms with Gasteiger partial charge in [-0.2, -0.15) is 0 Å². The summed E-state index contributed by atoms with van der Waals surface area (Å²) in [7, 11) is 0. The van der Waals surface area contributed by atoms with E-state index in [1.54, 1.807) is 6.20 Å². The highest BCUT2D eigenvalue weighted by molar-refractivity contribution is 9.10. The van der Waals surface area contributed by atoms with E-state index >= 15 is 0 Å². The van der Waals surface area contributed by atoms with Crippen molar-refractivity contribution in [2.24, 2.45) is 0 Å². The van der Waals surface area contributed by atoms with E-state index in [-0.39, 0.29) is 0 Å². The van der Waals surface area contributed by atoms with Crippen molar-refractivity contribution in [3.63, 3.8) is 0 Å². The fourth-order valence-electron chi connectivity index (χ4n) is 1.79. The Morgan fingerprint density at radius 3 is 2.86 bits per heavy atom. The van der Waals surface area contributed by atoms with Gasteiger partial charge in [-0.15, -0.1) is 0 Å². The van der Waals surface area contributed by atoms with Crippen LogP contribution in [0.4, 0.5) is 0 Å². The number of nitrogens with one attached hydrogen (secondary N) is 1. The lowest BCUT2D eigenvalue weighted by molar-refractivity contribution is 0.405. The zero-order chi connectivity index (χ0) is 9.54. The van der Waals surface area contributed by atoms with E-state index in [4.69, 9.17) is 0 Å². The number of nitrogens with zero attached hydrogens (tertiary/aromatic N) is 2. The van der Waals surface area contributed by atoms with Gasteiger partial charge in [0.1, 0.15) is 11.3 Å². The van der Waals surface area contributed by atoms with Crippen LogP contribution in [0.15, 0.2) is 16.9 Å². The maximum Gasteiger partial charge on any atom is 0.110 e. The molecule has 0 aliphatic heterocycles. The number of imidazole rings is 1. The second kappa shape index (κ2) is 3.05. The quantitative estimate of drug-likeness (QED) is 0.847. The molecule has 0 saturated heterocycles. The summed E-state index contributed by atoms with van der Waals surface area (Å²) in [5.41, 5.74) is 2.03. The summed E-state index contributed by atoms with van der Waals surface area (Å²) in [6, 6.07) is 0. The molecule has 3 rings (SSSR count). The molecule has 1 N–H and O–H groups in total. The van der Waals surface area contributed by atoms with Crippen LogP contribution < -0.4 is 0 Å². The minimum Gasteiger partial charge on any atom is -0.340 e. The number of hydrogen-bond acceptors (Lipinski definition) is 2. The number of aromatic amines is 1. The summed E-state index contributed by atoms with van der Waals surface area (Å²) in [6.45, 7) is 0. The molecule has 0 atom stereocenters. The number of halogens is 1. The van der Waals surface area contributed by atoms with E-state index in [2.05, 4.69) is 30.9 Å². The monoisotopic (exact) mass is 251 g/mol. The molecule has 1 aliphatic carbocycles. The van der Waals surface area contributed by atoms with Crippen molar-refractivity contribution in [1.29, 1.82) is 0 Å². The number of hydrogen-bond donors (Lipinski definition) is 1. The average Bonchev–Trinajstić information content (AvgIpc) is 2.46. The molecule has 0 amide bonds. The first-order valence-electron chi connectivity index (χ1n) is 4.84. The molecule has 1 fully saturated rings. The fraction of sp³-hybridized carbons (Fsp3) is 0.400. The SMILES string of the molecule is Brc1cncc2[nH]c(C3CCC3)nc12. The van der Waals surface area contributed by atoms with Crippen LogP contribution in [0.3, 0.4) is 0 Å². The number of pyridine rings is 1. The van der Waals surface area contributed by atoms with E-state index in [9.17, 15) is 0 Å². The predicted octanol–water partition coefficient (Wildman–Crippen LogP) is 2.99. The number of fused-ring (bicyclic) bond motifs is 1. The minimum absolute atomic E-state index is 0.647. The van der Waals surface area contributed by atoms with Crippen LogP contribution >= 0.6 is 15.9 Å². The minimum atomic E-state index is 0.647. The third-order valence-corrected chi connectivity index (χ3v) is 3.44. The highest BCUT2D eigenvalue weighted by Crippen LogP contribution is 2.36. The molecule has 2 aromatic rings. The lowest BCUT2D eigenvalue weighted by Crippen LogP contribution is -2.10. The zero-order valence-electron chi connectivity index (χ0n) is 7.63. The van der Waals surface area contributed by atoms with Crippen LogP contribution in [0, 0.1) is 0 Å². The van der Waals surface area contributed by atoms with Gasteiger partial charge in [0.05, 0.1) is 16.2 Å². The molecule has 0 unspecified atom stereocenters. The van der Waals surface area contributed by atoms with E-state index in [1.807, 2.05) is 6.20 Å². The first-order valence-corrected chi connectivity index (χ1v) is 5.63. The Labute approximate surface area is 90.1 Å². The molecule has 0 radical (unpaired) electrons. The summed E-state index contributed by atoms with van der Waals surface area (Å²) in [6.07, 6.45) is 7.49. The third-order valence-electron chi connectivity index (χ3n) is 2.86. The molecule has 1 aliphatic rings. The lowest BCUT2D eigenvalue weighted by Gasteiger charge is -2.22. The van der Waals surface area contributed by atoms with Crippen LogP contribution in [0.5, 0.6) is 0 Å². The summed E-state index contributed by atoms with van der Waals surface area (Å²) in [5, 5.41) is 0. The van der Waals surface area contributed by atoms with Gasteiger partial charge >= 0.3 is 0 Å². The van der Waals surface area contributed by atoms with Crippen molar-refractivity contribution in [3.8, 4) is 0 Å². The van der Waals surface area contributed by atoms with Crippen molar-refractivity contribution in [3.05, 3.63) is 22.7 Å². The normalized spacial score (nSPS) is 17.2. The summed E-state index contributed by atoms with van der Waals surface area (Å²) < 4.78 is 0.969. The maximum atomic E-state index is 4.59. The van der Waals surface area contributed by atoms with E-state index < -0.39 is 0 Å². The van der Waals surface area contributed by atoms with Gasteiger partial charge in [0.2, 0.25) is 0 Å². The Bertz CT molecular complexity index is 473. The number of aromatic nitrogens is 3. The summed E-state index contributed by atoms with van der Waals surface area (Å²) in [5.74, 6) is 1.77. The smallest absolute Gasteiger partial charge is 0.110 e. The molecule has 2 heterocycles. The molecule has 1 saturated carbocycles. The summed E-state index contributed by atoms with van der Waals surface area (Å²) in [4.78, 5) is 12.0. The van der Waals surface area contributed by atoms with Crippen LogP contribution in [0.2, 0.25) is 0 Å². The van der Waals surface area contributed by atoms with Crippen LogP contribution in [-0.4, -0.2) is 15.0 Å². The molecular weight excluding hydrogens is 242 g/mol. The van der Waals surface area contributed by atoms with Gasteiger partial charge in [-0.25, -0.2) is 4.98 Å². The largest absolute Gasteiger partial charge is 0.340 e. The molecule has 0 spiro atoms. The first kappa shape index (κ1) is 8.41. The van der Waals surface area contributed by atoms with Crippen molar-refractivity contribution in [2.45, 2.75) is 25.2 Å². The highest BCUT2D eigenvalue weighted by Gasteiger charge is 2.22. The van der Waals surface area contributed by atoms with Crippen LogP contribution in [-0.2, 0) is 0 Å². The van der Waals surface area contributed by atoms with E-state index in [0.717, 1.165) is 21.3 Å². The average molecular weight is 252 g/mol. The van der Waals surface area contributed by atoms with Crippen molar-refractivity contribution in [1.82, 2.24) is 15.0 Å². The Balaban J connectivity index is 2.15. The molecule has 14 heavy (non-hydrogen) atoms. The molecule has 2 aromatic heterocycles. The van der Waals surface area contributed by atoms with Crippen LogP contribution in [0.25, 0.3) is 11.0 Å². The van der Waals surface area contributed by atoms with Gasteiger partial charge in [0, 0.05) is 12.1 Å². The van der Waals surface area contributed by atoms with Crippen molar-refractivity contribution < 1.29 is 0 Å². The Hall–Kier alpha value is -0.900. The second-order valence-corrected chi connectivity index (χ2v) is 4.62. The first-order chi connectivity index (χ1) is 6.84. The number of H-pyrrole nitrogens is 1. The maximum absolute atomic E-state index is 4.59. The third kappa shape index (κ3) is 1.17. The summed E-state index contributed by atoms with van der Waals surface area (Å²) >= 11 is 3.45. The van der Waals surface area contributed by atoms with E-state index in [1.165, 1.54) is 19.3 Å². The molecular formula is C10H10BrN3.